The lowest BCUT2D eigenvalue weighted by atomic mass is 9.86. The number of nitrogens with zero attached hydrogens (tertiary/aromatic N) is 1. The highest BCUT2D eigenvalue weighted by Gasteiger charge is 2.38. The summed E-state index contributed by atoms with van der Waals surface area (Å²) in [6.07, 6.45) is 5.69. The number of hydrogen-bond acceptors (Lipinski definition) is 3. The normalized spacial score (nSPS) is 17.1. The van der Waals surface area contributed by atoms with Gasteiger partial charge in [0.05, 0.1) is 7.11 Å². The Morgan fingerprint density at radius 1 is 1.35 bits per heavy atom. The summed E-state index contributed by atoms with van der Waals surface area (Å²) in [5.74, 6) is 1.22. The van der Waals surface area contributed by atoms with Gasteiger partial charge in [-0.25, -0.2) is 4.79 Å². The Labute approximate surface area is 128 Å². The number of carbonyl (C=O) groups excluding carboxylic acids is 1. The molecule has 0 amide bonds. The topological polar surface area (TPSA) is 38.7 Å². The zero-order valence-corrected chi connectivity index (χ0v) is 13.8. The van der Waals surface area contributed by atoms with Crippen molar-refractivity contribution in [1.29, 1.82) is 0 Å². The average Bonchev–Trinajstić information content (AvgIpc) is 2.88. The van der Waals surface area contributed by atoms with Crippen molar-refractivity contribution in [2.24, 2.45) is 4.99 Å². The first-order valence-corrected chi connectivity index (χ1v) is 7.80. The fourth-order valence-corrected chi connectivity index (χ4v) is 3.83. The van der Waals surface area contributed by atoms with Gasteiger partial charge in [-0.1, -0.05) is 42.6 Å². The molecule has 0 aromatic heterocycles. The van der Waals surface area contributed by atoms with Crippen molar-refractivity contribution in [3.63, 3.8) is 0 Å². The van der Waals surface area contributed by atoms with E-state index in [1.54, 1.807) is 13.2 Å². The van der Waals surface area contributed by atoms with Crippen LogP contribution in [0.5, 0.6) is 5.75 Å². The summed E-state index contributed by atoms with van der Waals surface area (Å²) in [5, 5.41) is 0. The molecule has 2 rings (SSSR count). The molecule has 1 aromatic rings. The minimum atomic E-state index is -0.453. The van der Waals surface area contributed by atoms with Crippen molar-refractivity contribution < 1.29 is 9.53 Å². The van der Waals surface area contributed by atoms with Crippen molar-refractivity contribution in [1.82, 2.24) is 0 Å². The van der Waals surface area contributed by atoms with E-state index in [1.807, 2.05) is 0 Å². The molecule has 3 nitrogen and oxygen atoms in total. The van der Waals surface area contributed by atoms with Crippen LogP contribution in [0.4, 0.5) is 0 Å². The zero-order valence-electron chi connectivity index (χ0n) is 12.2. The van der Waals surface area contributed by atoms with Gasteiger partial charge in [0, 0.05) is 10.0 Å². The van der Waals surface area contributed by atoms with Gasteiger partial charge in [0.15, 0.2) is 0 Å². The van der Waals surface area contributed by atoms with Crippen LogP contribution < -0.4 is 4.74 Å². The van der Waals surface area contributed by atoms with Gasteiger partial charge in [-0.2, -0.15) is 4.99 Å². The summed E-state index contributed by atoms with van der Waals surface area (Å²) in [4.78, 5) is 15.0. The highest BCUT2D eigenvalue weighted by atomic mass is 79.9. The molecule has 1 aromatic carbocycles. The van der Waals surface area contributed by atoms with Crippen LogP contribution in [0.2, 0.25) is 0 Å². The first-order chi connectivity index (χ1) is 9.54. The predicted molar refractivity (Wildman–Crippen MR) is 83.1 cm³/mol. The first-order valence-electron chi connectivity index (χ1n) is 7.01. The lowest BCUT2D eigenvalue weighted by molar-refractivity contribution is 0.378. The number of benzene rings is 1. The van der Waals surface area contributed by atoms with Gasteiger partial charge in [-0.3, -0.25) is 0 Å². The van der Waals surface area contributed by atoms with Gasteiger partial charge in [0.1, 0.15) is 11.3 Å². The molecule has 0 unspecified atom stereocenters. The Bertz CT molecular complexity index is 542. The second kappa shape index (κ2) is 6.11. The van der Waals surface area contributed by atoms with Crippen LogP contribution in [0, 0.1) is 0 Å². The molecule has 1 saturated carbocycles. The molecule has 0 N–H and O–H groups in total. The summed E-state index contributed by atoms with van der Waals surface area (Å²) in [5.41, 5.74) is 1.75. The van der Waals surface area contributed by atoms with Crippen LogP contribution in [0.1, 0.15) is 56.6 Å². The monoisotopic (exact) mass is 337 g/mol. The Kier molecular flexibility index (Phi) is 4.66. The van der Waals surface area contributed by atoms with Crippen LogP contribution in [-0.2, 0) is 10.3 Å². The fourth-order valence-electron chi connectivity index (χ4n) is 3.03. The van der Waals surface area contributed by atoms with Gasteiger partial charge < -0.3 is 4.74 Å². The van der Waals surface area contributed by atoms with E-state index in [0.717, 1.165) is 41.5 Å². The molecule has 0 spiro atoms. The van der Waals surface area contributed by atoms with E-state index in [2.05, 4.69) is 46.9 Å². The molecule has 108 valence electrons. The average molecular weight is 338 g/mol. The number of hydrogen-bond donors (Lipinski definition) is 0. The van der Waals surface area contributed by atoms with Crippen molar-refractivity contribution >= 4 is 22.0 Å². The molecular weight excluding hydrogens is 318 g/mol. The quantitative estimate of drug-likeness (QED) is 0.590. The third-order valence-corrected chi connectivity index (χ3v) is 4.82. The van der Waals surface area contributed by atoms with E-state index in [0.29, 0.717) is 5.92 Å². The molecule has 0 atom stereocenters. The Morgan fingerprint density at radius 3 is 2.50 bits per heavy atom. The SMILES string of the molecule is COc1cc(C(C)C)c(Br)cc1C1(N=C=O)CCCC1. The second-order valence-corrected chi connectivity index (χ2v) is 6.52. The van der Waals surface area contributed by atoms with E-state index >= 15 is 0 Å². The van der Waals surface area contributed by atoms with E-state index in [4.69, 9.17) is 4.74 Å². The molecule has 0 bridgehead atoms. The maximum absolute atomic E-state index is 10.9. The van der Waals surface area contributed by atoms with Crippen molar-refractivity contribution in [3.05, 3.63) is 27.7 Å². The summed E-state index contributed by atoms with van der Waals surface area (Å²) in [6, 6.07) is 4.13. The predicted octanol–water partition coefficient (Wildman–Crippen LogP) is 4.69. The lowest BCUT2D eigenvalue weighted by Crippen LogP contribution is -2.20. The molecule has 1 aliphatic carbocycles. The smallest absolute Gasteiger partial charge is 0.235 e. The molecular formula is C16H20BrNO2. The second-order valence-electron chi connectivity index (χ2n) is 5.67. The number of rotatable bonds is 4. The maximum Gasteiger partial charge on any atom is 0.235 e. The van der Waals surface area contributed by atoms with Gasteiger partial charge in [0.25, 0.3) is 0 Å². The maximum atomic E-state index is 10.9. The lowest BCUT2D eigenvalue weighted by Gasteiger charge is -2.26. The summed E-state index contributed by atoms with van der Waals surface area (Å²) in [6.45, 7) is 4.29. The Balaban J connectivity index is 2.60. The van der Waals surface area contributed by atoms with Gasteiger partial charge in [-0.05, 0) is 36.5 Å². The molecule has 0 saturated heterocycles. The number of ether oxygens (including phenoxy) is 1. The van der Waals surface area contributed by atoms with Crippen molar-refractivity contribution in [2.45, 2.75) is 51.0 Å². The minimum Gasteiger partial charge on any atom is -0.496 e. The number of isocyanates is 1. The van der Waals surface area contributed by atoms with Crippen LogP contribution in [0.15, 0.2) is 21.6 Å². The largest absolute Gasteiger partial charge is 0.496 e. The van der Waals surface area contributed by atoms with Gasteiger partial charge in [-0.15, -0.1) is 0 Å². The van der Waals surface area contributed by atoms with E-state index in [-0.39, 0.29) is 0 Å². The molecule has 20 heavy (non-hydrogen) atoms. The summed E-state index contributed by atoms with van der Waals surface area (Å²) < 4.78 is 6.62. The van der Waals surface area contributed by atoms with Crippen LogP contribution in [0.25, 0.3) is 0 Å². The Morgan fingerprint density at radius 2 is 2.00 bits per heavy atom. The third-order valence-electron chi connectivity index (χ3n) is 4.13. The molecule has 0 heterocycles. The van der Waals surface area contributed by atoms with E-state index in [1.165, 1.54) is 5.56 Å². The standard InChI is InChI=1S/C16H20BrNO2/c1-11(2)12-8-15(20-3)13(9-14(12)17)16(18-10-19)6-4-5-7-16/h8-9,11H,4-7H2,1-3H3. The highest BCUT2D eigenvalue weighted by molar-refractivity contribution is 9.10. The Hall–Kier alpha value is -1.12. The van der Waals surface area contributed by atoms with Crippen LogP contribution >= 0.6 is 15.9 Å². The van der Waals surface area contributed by atoms with Crippen LogP contribution in [-0.4, -0.2) is 13.2 Å². The summed E-state index contributed by atoms with van der Waals surface area (Å²) >= 11 is 3.64. The number of aliphatic imine (C=N–C) groups is 1. The first kappa shape index (κ1) is 15.3. The molecule has 1 fully saturated rings. The van der Waals surface area contributed by atoms with Gasteiger partial charge in [0.2, 0.25) is 6.08 Å². The third kappa shape index (κ3) is 2.68. The van der Waals surface area contributed by atoms with E-state index < -0.39 is 5.54 Å². The number of halogens is 1. The fraction of sp³-hybridized carbons (Fsp3) is 0.562. The molecule has 0 radical (unpaired) electrons. The van der Waals surface area contributed by atoms with Gasteiger partial charge >= 0.3 is 0 Å². The van der Waals surface area contributed by atoms with Crippen LogP contribution in [0.3, 0.4) is 0 Å². The van der Waals surface area contributed by atoms with Crippen molar-refractivity contribution in [3.8, 4) is 5.75 Å². The zero-order chi connectivity index (χ0) is 14.8. The molecule has 0 aliphatic heterocycles. The van der Waals surface area contributed by atoms with Crippen molar-refractivity contribution in [2.75, 3.05) is 7.11 Å². The summed E-state index contributed by atoms with van der Waals surface area (Å²) in [7, 11) is 1.67. The van der Waals surface area contributed by atoms with E-state index in [9.17, 15) is 4.79 Å². The number of methoxy groups -OCH3 is 1. The molecule has 1 aliphatic rings. The minimum absolute atomic E-state index is 0.404. The molecule has 4 heteroatoms. The highest BCUT2D eigenvalue weighted by Crippen LogP contribution is 2.47.